The molecule has 0 aliphatic rings. The largest absolute Gasteiger partial charge is 0.329 e. The van der Waals surface area contributed by atoms with Crippen molar-refractivity contribution in [1.29, 1.82) is 0 Å². The summed E-state index contributed by atoms with van der Waals surface area (Å²) in [6.07, 6.45) is 4.12. The summed E-state index contributed by atoms with van der Waals surface area (Å²) in [5.74, 6) is 0. The number of hydrogen-bond donors (Lipinski definition) is 3. The highest BCUT2D eigenvalue weighted by Crippen LogP contribution is 2.12. The van der Waals surface area contributed by atoms with Gasteiger partial charge >= 0.3 is 5.69 Å². The molecule has 0 saturated carbocycles. The maximum absolute atomic E-state index is 12.4. The van der Waals surface area contributed by atoms with Crippen LogP contribution in [-0.2, 0) is 23.5 Å². The number of fused-ring (bicyclic) bond motifs is 1. The molecule has 0 atom stereocenters. The number of aryl methyl sites for hydroxylation is 3. The number of aromatic nitrogens is 5. The summed E-state index contributed by atoms with van der Waals surface area (Å²) in [4.78, 5) is 29.4. The second-order valence-electron chi connectivity index (χ2n) is 5.88. The van der Waals surface area contributed by atoms with Crippen LogP contribution in [-0.4, -0.2) is 39.7 Å². The molecule has 0 fully saturated rings. The molecule has 0 aliphatic heterocycles. The summed E-state index contributed by atoms with van der Waals surface area (Å²) in [5.41, 5.74) is 0.815. The number of rotatable bonds is 6. The van der Waals surface area contributed by atoms with Crippen molar-refractivity contribution >= 4 is 21.1 Å². The number of pyridine rings is 1. The third-order valence-corrected chi connectivity index (χ3v) is 5.52. The maximum atomic E-state index is 12.4. The van der Waals surface area contributed by atoms with E-state index in [9.17, 15) is 18.0 Å². The van der Waals surface area contributed by atoms with Gasteiger partial charge in [0.05, 0.1) is 11.6 Å². The Morgan fingerprint density at radius 1 is 1.27 bits per heavy atom. The summed E-state index contributed by atoms with van der Waals surface area (Å²) in [6.45, 7) is 2.13. The van der Waals surface area contributed by atoms with Gasteiger partial charge in [-0.3, -0.25) is 19.4 Å². The van der Waals surface area contributed by atoms with Crippen LogP contribution in [0.25, 0.3) is 11.0 Å². The third kappa shape index (κ3) is 3.44. The zero-order chi connectivity index (χ0) is 18.9. The topological polar surface area (TPSA) is 143 Å². The second kappa shape index (κ2) is 6.84. The van der Waals surface area contributed by atoms with E-state index >= 15 is 0 Å². The first-order chi connectivity index (χ1) is 12.3. The van der Waals surface area contributed by atoms with Crippen molar-refractivity contribution in [3.8, 4) is 0 Å². The Kier molecular flexibility index (Phi) is 4.74. The van der Waals surface area contributed by atoms with E-state index in [1.54, 1.807) is 6.20 Å². The van der Waals surface area contributed by atoms with Gasteiger partial charge in [-0.15, -0.1) is 0 Å². The molecule has 0 aromatic carbocycles. The smallest absolute Gasteiger partial charge is 0.283 e. The molecular weight excluding hydrogens is 360 g/mol. The Bertz CT molecular complexity index is 1170. The molecule has 3 heterocycles. The first kappa shape index (κ1) is 18.0. The summed E-state index contributed by atoms with van der Waals surface area (Å²) >= 11 is 0. The van der Waals surface area contributed by atoms with E-state index in [4.69, 9.17) is 0 Å². The van der Waals surface area contributed by atoms with Crippen molar-refractivity contribution in [2.24, 2.45) is 7.05 Å². The summed E-state index contributed by atoms with van der Waals surface area (Å²) in [6, 6.07) is 1.21. The number of H-pyrrole nitrogens is 2. The fourth-order valence-electron chi connectivity index (χ4n) is 2.56. The van der Waals surface area contributed by atoms with E-state index in [-0.39, 0.29) is 22.5 Å². The molecule has 11 heteroatoms. The van der Waals surface area contributed by atoms with E-state index in [2.05, 4.69) is 24.9 Å². The summed E-state index contributed by atoms with van der Waals surface area (Å²) in [5, 5.41) is 6.78. The van der Waals surface area contributed by atoms with Gasteiger partial charge in [0.15, 0.2) is 0 Å². The maximum Gasteiger partial charge on any atom is 0.329 e. The zero-order valence-electron chi connectivity index (χ0n) is 14.2. The molecule has 0 spiro atoms. The van der Waals surface area contributed by atoms with Gasteiger partial charge in [0.25, 0.3) is 5.56 Å². The van der Waals surface area contributed by atoms with Crippen molar-refractivity contribution in [3.63, 3.8) is 0 Å². The Hall–Kier alpha value is -2.79. The minimum atomic E-state index is -3.82. The highest BCUT2D eigenvalue weighted by Gasteiger charge is 2.17. The lowest BCUT2D eigenvalue weighted by atomic mass is 10.1. The Labute approximate surface area is 148 Å². The highest BCUT2D eigenvalue weighted by atomic mass is 32.2. The molecule has 0 aliphatic carbocycles. The van der Waals surface area contributed by atoms with Gasteiger partial charge in [-0.1, -0.05) is 0 Å². The summed E-state index contributed by atoms with van der Waals surface area (Å²) in [7, 11) is -2.38. The van der Waals surface area contributed by atoms with Gasteiger partial charge in [0.1, 0.15) is 10.5 Å². The summed E-state index contributed by atoms with van der Waals surface area (Å²) < 4.78 is 28.5. The average molecular weight is 378 g/mol. The normalized spacial score (nSPS) is 11.9. The van der Waals surface area contributed by atoms with Gasteiger partial charge in [-0.25, -0.2) is 22.9 Å². The number of nitrogens with zero attached hydrogens (tertiary/aromatic N) is 3. The Morgan fingerprint density at radius 3 is 2.73 bits per heavy atom. The number of hydrogen-bond acceptors (Lipinski definition) is 6. The van der Waals surface area contributed by atoms with Crippen molar-refractivity contribution < 1.29 is 8.42 Å². The van der Waals surface area contributed by atoms with Crippen LogP contribution in [0.5, 0.6) is 0 Å². The first-order valence-electron chi connectivity index (χ1n) is 7.87. The lowest BCUT2D eigenvalue weighted by molar-refractivity contribution is 0.578. The molecule has 10 nitrogen and oxygen atoms in total. The van der Waals surface area contributed by atoms with E-state index in [0.29, 0.717) is 12.8 Å². The SMILES string of the molecule is Cc1[nH]ncc1CCCNS(=O)(=O)c1cnc2c(c1)c(=O)[nH]c(=O)n2C. The van der Waals surface area contributed by atoms with Crippen LogP contribution < -0.4 is 16.0 Å². The Morgan fingerprint density at radius 2 is 2.04 bits per heavy atom. The molecule has 0 bridgehead atoms. The van der Waals surface area contributed by atoms with Crippen LogP contribution in [0.1, 0.15) is 17.7 Å². The van der Waals surface area contributed by atoms with E-state index in [1.807, 2.05) is 6.92 Å². The first-order valence-corrected chi connectivity index (χ1v) is 9.35. The molecule has 138 valence electrons. The van der Waals surface area contributed by atoms with Gasteiger partial charge in [0, 0.05) is 25.5 Å². The van der Waals surface area contributed by atoms with Crippen LogP contribution in [0.2, 0.25) is 0 Å². The van der Waals surface area contributed by atoms with Gasteiger partial charge in [-0.2, -0.15) is 5.10 Å². The molecule has 0 saturated heterocycles. The molecule has 0 amide bonds. The molecule has 26 heavy (non-hydrogen) atoms. The predicted octanol–water partition coefficient (Wildman–Crippen LogP) is -0.436. The standard InChI is InChI=1S/C15H18N6O4S/c1-9-10(7-17-20-9)4-3-5-18-26(24,25)11-6-12-13(16-8-11)21(2)15(23)19-14(12)22/h6-8,18H,3-5H2,1-2H3,(H,17,20)(H,19,22,23). The number of sulfonamides is 1. The van der Waals surface area contributed by atoms with Crippen molar-refractivity contribution in [2.75, 3.05) is 6.54 Å². The van der Waals surface area contributed by atoms with Crippen LogP contribution >= 0.6 is 0 Å². The van der Waals surface area contributed by atoms with Gasteiger partial charge < -0.3 is 0 Å². The quantitative estimate of drug-likeness (QED) is 0.497. The lowest BCUT2D eigenvalue weighted by Gasteiger charge is -2.08. The van der Waals surface area contributed by atoms with Crippen molar-refractivity contribution in [1.82, 2.24) is 29.5 Å². The average Bonchev–Trinajstić information content (AvgIpc) is 3.01. The molecule has 0 unspecified atom stereocenters. The van der Waals surface area contributed by atoms with Crippen LogP contribution in [0.3, 0.4) is 0 Å². The van der Waals surface area contributed by atoms with Crippen molar-refractivity contribution in [3.05, 3.63) is 50.6 Å². The molecule has 0 radical (unpaired) electrons. The van der Waals surface area contributed by atoms with Gasteiger partial charge in [-0.05, 0) is 31.4 Å². The van der Waals surface area contributed by atoms with Crippen LogP contribution in [0, 0.1) is 6.92 Å². The predicted molar refractivity (Wildman–Crippen MR) is 94.4 cm³/mol. The van der Waals surface area contributed by atoms with Crippen LogP contribution in [0.15, 0.2) is 32.9 Å². The zero-order valence-corrected chi connectivity index (χ0v) is 15.1. The second-order valence-corrected chi connectivity index (χ2v) is 7.65. The Balaban J connectivity index is 1.78. The molecule has 3 aromatic rings. The van der Waals surface area contributed by atoms with E-state index in [1.165, 1.54) is 13.1 Å². The fourth-order valence-corrected chi connectivity index (χ4v) is 3.60. The van der Waals surface area contributed by atoms with E-state index < -0.39 is 21.3 Å². The van der Waals surface area contributed by atoms with Crippen molar-refractivity contribution in [2.45, 2.75) is 24.7 Å². The van der Waals surface area contributed by atoms with Crippen LogP contribution in [0.4, 0.5) is 0 Å². The minimum Gasteiger partial charge on any atom is -0.283 e. The third-order valence-electron chi connectivity index (χ3n) is 4.09. The molecular formula is C15H18N6O4S. The lowest BCUT2D eigenvalue weighted by Crippen LogP contribution is -2.30. The fraction of sp³-hybridized carbons (Fsp3) is 0.333. The monoisotopic (exact) mass is 378 g/mol. The number of nitrogens with one attached hydrogen (secondary N) is 3. The molecule has 3 rings (SSSR count). The molecule has 3 aromatic heterocycles. The van der Waals surface area contributed by atoms with E-state index in [0.717, 1.165) is 22.0 Å². The number of aromatic amines is 2. The highest BCUT2D eigenvalue weighted by molar-refractivity contribution is 7.89. The van der Waals surface area contributed by atoms with Gasteiger partial charge in [0.2, 0.25) is 10.0 Å². The minimum absolute atomic E-state index is 0.0315. The molecule has 3 N–H and O–H groups in total.